The van der Waals surface area contributed by atoms with Crippen LogP contribution < -0.4 is 0 Å². The normalized spacial score (nSPS) is 27.6. The van der Waals surface area contributed by atoms with E-state index in [4.69, 9.17) is 9.47 Å². The molecule has 0 radical (unpaired) electrons. The molecule has 8 heteroatoms. The van der Waals surface area contributed by atoms with Crippen LogP contribution in [0.3, 0.4) is 0 Å². The zero-order valence-corrected chi connectivity index (χ0v) is 19.7. The second-order valence-corrected chi connectivity index (χ2v) is 11.3. The summed E-state index contributed by atoms with van der Waals surface area (Å²) in [4.78, 5) is 12.3. The SMILES string of the molecule is CC1(C)CC(OC(=O)C/C=C(\O)OC2CC(C)(C)N(O)C(C)(C)C2)CC(C)(C)N1O. The van der Waals surface area contributed by atoms with Crippen LogP contribution in [-0.4, -0.2) is 66.0 Å². The topological polar surface area (TPSA) is 103 Å². The Labute approximate surface area is 180 Å². The molecule has 0 atom stereocenters. The zero-order chi connectivity index (χ0) is 23.1. The summed E-state index contributed by atoms with van der Waals surface area (Å²) < 4.78 is 11.3. The molecule has 0 saturated carbocycles. The van der Waals surface area contributed by atoms with Crippen molar-refractivity contribution in [2.75, 3.05) is 0 Å². The summed E-state index contributed by atoms with van der Waals surface area (Å²) >= 11 is 0. The van der Waals surface area contributed by atoms with Gasteiger partial charge >= 0.3 is 5.97 Å². The Morgan fingerprint density at radius 3 is 1.50 bits per heavy atom. The van der Waals surface area contributed by atoms with Crippen LogP contribution in [0, 0.1) is 0 Å². The number of aliphatic hydroxyl groups is 1. The van der Waals surface area contributed by atoms with E-state index in [1.54, 1.807) is 0 Å². The van der Waals surface area contributed by atoms with Crippen molar-refractivity contribution >= 4 is 5.97 Å². The summed E-state index contributed by atoms with van der Waals surface area (Å²) in [5.41, 5.74) is -2.00. The number of rotatable bonds is 5. The highest BCUT2D eigenvalue weighted by molar-refractivity contribution is 5.71. The first-order chi connectivity index (χ1) is 13.5. The van der Waals surface area contributed by atoms with Crippen molar-refractivity contribution in [3.05, 3.63) is 12.0 Å². The summed E-state index contributed by atoms with van der Waals surface area (Å²) in [5, 5.41) is 33.6. The molecule has 2 rings (SSSR count). The predicted molar refractivity (Wildman–Crippen MR) is 112 cm³/mol. The van der Waals surface area contributed by atoms with Gasteiger partial charge in [-0.3, -0.25) is 4.79 Å². The van der Waals surface area contributed by atoms with E-state index in [0.29, 0.717) is 25.7 Å². The van der Waals surface area contributed by atoms with Crippen LogP contribution >= 0.6 is 0 Å². The van der Waals surface area contributed by atoms with E-state index in [0.717, 1.165) is 0 Å². The average molecular weight is 429 g/mol. The van der Waals surface area contributed by atoms with Gasteiger partial charge in [-0.1, -0.05) is 0 Å². The largest absolute Gasteiger partial charge is 0.481 e. The van der Waals surface area contributed by atoms with Crippen molar-refractivity contribution < 1.29 is 29.8 Å². The summed E-state index contributed by atoms with van der Waals surface area (Å²) in [6.45, 7) is 15.3. The highest BCUT2D eigenvalue weighted by Crippen LogP contribution is 2.39. The molecule has 174 valence electrons. The fourth-order valence-electron chi connectivity index (χ4n) is 5.15. The number of ether oxygens (including phenoxy) is 2. The molecule has 0 bridgehead atoms. The van der Waals surface area contributed by atoms with Gasteiger partial charge in [-0.2, -0.15) is 10.1 Å². The number of esters is 1. The maximum Gasteiger partial charge on any atom is 0.310 e. The van der Waals surface area contributed by atoms with E-state index >= 15 is 0 Å². The van der Waals surface area contributed by atoms with E-state index in [-0.39, 0.29) is 24.6 Å². The lowest BCUT2D eigenvalue weighted by Gasteiger charge is -2.51. The van der Waals surface area contributed by atoms with Gasteiger partial charge in [0.05, 0.1) is 6.42 Å². The quantitative estimate of drug-likeness (QED) is 0.443. The van der Waals surface area contributed by atoms with Crippen molar-refractivity contribution in [1.29, 1.82) is 0 Å². The number of carbonyl (C=O) groups excluding carboxylic acids is 1. The lowest BCUT2D eigenvalue weighted by Crippen LogP contribution is -2.60. The molecule has 0 aromatic heterocycles. The third-order valence-electron chi connectivity index (χ3n) is 6.23. The summed E-state index contributed by atoms with van der Waals surface area (Å²) in [5.74, 6) is -0.750. The van der Waals surface area contributed by atoms with Crippen LogP contribution in [0.4, 0.5) is 0 Å². The Morgan fingerprint density at radius 1 is 0.800 bits per heavy atom. The Bertz CT molecular complexity index is 635. The highest BCUT2D eigenvalue weighted by atomic mass is 16.6. The van der Waals surface area contributed by atoms with Gasteiger partial charge in [-0.15, -0.1) is 0 Å². The van der Waals surface area contributed by atoms with Crippen molar-refractivity contribution in [1.82, 2.24) is 10.1 Å². The van der Waals surface area contributed by atoms with Gasteiger partial charge in [-0.05, 0) is 55.4 Å². The maximum absolute atomic E-state index is 12.3. The van der Waals surface area contributed by atoms with Gasteiger partial charge in [0.1, 0.15) is 12.2 Å². The molecule has 0 amide bonds. The molecule has 30 heavy (non-hydrogen) atoms. The Kier molecular flexibility index (Phi) is 6.89. The van der Waals surface area contributed by atoms with Gasteiger partial charge in [0, 0.05) is 53.9 Å². The van der Waals surface area contributed by atoms with Crippen molar-refractivity contribution in [2.24, 2.45) is 0 Å². The molecule has 0 aromatic carbocycles. The van der Waals surface area contributed by atoms with Crippen LogP contribution in [0.5, 0.6) is 0 Å². The Hall–Kier alpha value is -1.35. The number of hydrogen-bond acceptors (Lipinski definition) is 8. The molecule has 2 saturated heterocycles. The zero-order valence-electron chi connectivity index (χ0n) is 19.7. The minimum absolute atomic E-state index is 0.0995. The Balaban J connectivity index is 1.91. The van der Waals surface area contributed by atoms with Gasteiger partial charge < -0.3 is 25.0 Å². The molecule has 0 aliphatic carbocycles. The second kappa shape index (κ2) is 8.30. The molecule has 0 spiro atoms. The molecular weight excluding hydrogens is 388 g/mol. The number of nitrogens with zero attached hydrogens (tertiary/aromatic N) is 2. The smallest absolute Gasteiger partial charge is 0.310 e. The van der Waals surface area contributed by atoms with E-state index in [9.17, 15) is 20.3 Å². The van der Waals surface area contributed by atoms with Gasteiger partial charge in [0.25, 0.3) is 5.95 Å². The number of hydroxylamine groups is 4. The van der Waals surface area contributed by atoms with Gasteiger partial charge in [-0.25, -0.2) is 0 Å². The number of aliphatic hydroxyl groups excluding tert-OH is 1. The first-order valence-electron chi connectivity index (χ1n) is 10.7. The monoisotopic (exact) mass is 428 g/mol. The van der Waals surface area contributed by atoms with E-state index in [1.165, 1.54) is 16.2 Å². The lowest BCUT2D eigenvalue weighted by atomic mass is 9.80. The molecular formula is C22H40N2O6. The molecule has 0 unspecified atom stereocenters. The molecule has 3 N–H and O–H groups in total. The fraction of sp³-hybridized carbons (Fsp3) is 0.864. The van der Waals surface area contributed by atoms with Crippen LogP contribution in [0.15, 0.2) is 12.0 Å². The third-order valence-corrected chi connectivity index (χ3v) is 6.23. The van der Waals surface area contributed by atoms with Crippen LogP contribution in [0.1, 0.15) is 87.5 Å². The Morgan fingerprint density at radius 2 is 1.13 bits per heavy atom. The molecule has 2 heterocycles. The molecule has 2 fully saturated rings. The first kappa shape index (κ1) is 24.9. The number of hydrogen-bond donors (Lipinski definition) is 3. The lowest BCUT2D eigenvalue weighted by molar-refractivity contribution is -0.260. The summed E-state index contributed by atoms with van der Waals surface area (Å²) in [6, 6.07) is 0. The summed E-state index contributed by atoms with van der Waals surface area (Å²) in [6.07, 6.45) is 2.77. The standard InChI is InChI=1S/C22H40N2O6/c1-19(2)11-15(12-20(3,4)23(19)27)29-17(25)9-10-18(26)30-16-13-21(5,6)24(28)22(7,8)14-16/h9,15-16,25,27-28H,10-14H2,1-8H3/b17-9+. The minimum atomic E-state index is -0.505. The van der Waals surface area contributed by atoms with Crippen LogP contribution in [0.2, 0.25) is 0 Å². The van der Waals surface area contributed by atoms with Crippen molar-refractivity contribution in [3.8, 4) is 0 Å². The highest BCUT2D eigenvalue weighted by Gasteiger charge is 2.47. The predicted octanol–water partition coefficient (Wildman–Crippen LogP) is 4.16. The van der Waals surface area contributed by atoms with Crippen molar-refractivity contribution in [2.45, 2.75) is 122 Å². The molecule has 2 aliphatic heterocycles. The van der Waals surface area contributed by atoms with Gasteiger partial charge in [0.15, 0.2) is 0 Å². The average Bonchev–Trinajstić information content (AvgIpc) is 2.54. The molecule has 0 aromatic rings. The van der Waals surface area contributed by atoms with E-state index < -0.39 is 28.1 Å². The van der Waals surface area contributed by atoms with Crippen LogP contribution in [-0.2, 0) is 14.3 Å². The maximum atomic E-state index is 12.3. The number of piperidine rings is 2. The number of carbonyl (C=O) groups is 1. The van der Waals surface area contributed by atoms with Crippen molar-refractivity contribution in [3.63, 3.8) is 0 Å². The fourth-order valence-corrected chi connectivity index (χ4v) is 5.15. The summed E-state index contributed by atoms with van der Waals surface area (Å²) in [7, 11) is 0. The molecule has 2 aliphatic rings. The van der Waals surface area contributed by atoms with E-state index in [1.807, 2.05) is 55.4 Å². The van der Waals surface area contributed by atoms with Gasteiger partial charge in [0.2, 0.25) is 0 Å². The second-order valence-electron chi connectivity index (χ2n) is 11.3. The first-order valence-corrected chi connectivity index (χ1v) is 10.7. The van der Waals surface area contributed by atoms with E-state index in [2.05, 4.69) is 0 Å². The third kappa shape index (κ3) is 5.66. The minimum Gasteiger partial charge on any atom is -0.481 e. The molecule has 8 nitrogen and oxygen atoms in total. The van der Waals surface area contributed by atoms with Crippen LogP contribution in [0.25, 0.3) is 0 Å².